The van der Waals surface area contributed by atoms with Gasteiger partial charge in [0.1, 0.15) is 5.82 Å². The van der Waals surface area contributed by atoms with Gasteiger partial charge in [-0.25, -0.2) is 4.98 Å². The van der Waals surface area contributed by atoms with Gasteiger partial charge in [0.15, 0.2) is 5.82 Å². The predicted molar refractivity (Wildman–Crippen MR) is 80.5 cm³/mol. The number of aromatic nitrogens is 3. The summed E-state index contributed by atoms with van der Waals surface area (Å²) in [6, 6.07) is 2.50. The lowest BCUT2D eigenvalue weighted by molar-refractivity contribution is -0.137. The zero-order valence-electron chi connectivity index (χ0n) is 13.4. The molecule has 1 atom stereocenters. The lowest BCUT2D eigenvalue weighted by Crippen LogP contribution is -2.47. The van der Waals surface area contributed by atoms with Crippen LogP contribution in [0.15, 0.2) is 22.9 Å². The van der Waals surface area contributed by atoms with E-state index in [4.69, 9.17) is 4.52 Å². The molecule has 0 aromatic carbocycles. The molecule has 0 N–H and O–H groups in total. The topological polar surface area (TPSA) is 58.3 Å². The van der Waals surface area contributed by atoms with Gasteiger partial charge in [-0.2, -0.15) is 18.2 Å². The van der Waals surface area contributed by atoms with Gasteiger partial charge in [0.2, 0.25) is 5.89 Å². The molecule has 6 nitrogen and oxygen atoms in total. The first-order valence-corrected chi connectivity index (χ1v) is 7.67. The van der Waals surface area contributed by atoms with Crippen molar-refractivity contribution in [3.8, 4) is 0 Å². The zero-order chi connectivity index (χ0) is 17.3. The first-order valence-electron chi connectivity index (χ1n) is 7.67. The van der Waals surface area contributed by atoms with Gasteiger partial charge in [-0.15, -0.1) is 0 Å². The van der Waals surface area contributed by atoms with E-state index in [-0.39, 0.29) is 6.04 Å². The van der Waals surface area contributed by atoms with Crippen molar-refractivity contribution >= 4 is 5.82 Å². The highest BCUT2D eigenvalue weighted by Crippen LogP contribution is 2.29. The van der Waals surface area contributed by atoms with Gasteiger partial charge in [0.25, 0.3) is 0 Å². The smallest absolute Gasteiger partial charge is 0.354 e. The number of alkyl halides is 3. The molecule has 1 saturated heterocycles. The van der Waals surface area contributed by atoms with E-state index in [9.17, 15) is 13.2 Å². The number of halogens is 3. The lowest BCUT2D eigenvalue weighted by Gasteiger charge is -2.37. The zero-order valence-corrected chi connectivity index (χ0v) is 13.4. The van der Waals surface area contributed by atoms with E-state index in [1.54, 1.807) is 6.92 Å². The van der Waals surface area contributed by atoms with Crippen LogP contribution < -0.4 is 4.90 Å². The number of nitrogens with zero attached hydrogens (tertiary/aromatic N) is 5. The largest absolute Gasteiger partial charge is 0.417 e. The highest BCUT2D eigenvalue weighted by molar-refractivity contribution is 5.40. The van der Waals surface area contributed by atoms with Crippen molar-refractivity contribution in [2.45, 2.75) is 26.1 Å². The number of aryl methyl sites for hydroxylation is 1. The Hall–Kier alpha value is -2.16. The summed E-state index contributed by atoms with van der Waals surface area (Å²) in [5, 5.41) is 3.80. The van der Waals surface area contributed by atoms with Crippen LogP contribution in [0.4, 0.5) is 19.0 Å². The predicted octanol–water partition coefficient (Wildman–Crippen LogP) is 2.68. The molecular weight excluding hydrogens is 323 g/mol. The molecule has 130 valence electrons. The third-order valence-corrected chi connectivity index (χ3v) is 4.16. The van der Waals surface area contributed by atoms with Crippen LogP contribution in [-0.2, 0) is 6.18 Å². The third-order valence-electron chi connectivity index (χ3n) is 4.16. The van der Waals surface area contributed by atoms with Crippen LogP contribution in [0.3, 0.4) is 0 Å². The highest BCUT2D eigenvalue weighted by atomic mass is 19.4. The average molecular weight is 341 g/mol. The van der Waals surface area contributed by atoms with Gasteiger partial charge in [-0.05, 0) is 26.0 Å². The van der Waals surface area contributed by atoms with E-state index in [0.29, 0.717) is 30.6 Å². The quantitative estimate of drug-likeness (QED) is 0.855. The van der Waals surface area contributed by atoms with E-state index in [1.807, 2.05) is 11.8 Å². The summed E-state index contributed by atoms with van der Waals surface area (Å²) in [7, 11) is 0. The molecule has 0 amide bonds. The summed E-state index contributed by atoms with van der Waals surface area (Å²) >= 11 is 0. The second kappa shape index (κ2) is 6.39. The molecule has 24 heavy (non-hydrogen) atoms. The Balaban J connectivity index is 1.60. The van der Waals surface area contributed by atoms with Crippen molar-refractivity contribution in [1.29, 1.82) is 0 Å². The lowest BCUT2D eigenvalue weighted by atomic mass is 10.2. The second-order valence-electron chi connectivity index (χ2n) is 5.78. The maximum atomic E-state index is 12.6. The molecular formula is C15H18F3N5O. The molecule has 1 fully saturated rings. The first-order chi connectivity index (χ1) is 11.3. The van der Waals surface area contributed by atoms with E-state index in [0.717, 1.165) is 25.4 Å². The molecule has 2 aromatic heterocycles. The Kier molecular flexibility index (Phi) is 4.44. The first kappa shape index (κ1) is 16.7. The summed E-state index contributed by atoms with van der Waals surface area (Å²) in [5.74, 6) is 1.74. The van der Waals surface area contributed by atoms with E-state index in [1.165, 1.54) is 6.07 Å². The molecule has 2 aromatic rings. The fourth-order valence-electron chi connectivity index (χ4n) is 2.72. The van der Waals surface area contributed by atoms with Crippen LogP contribution in [0.25, 0.3) is 0 Å². The van der Waals surface area contributed by atoms with Crippen LogP contribution in [0, 0.1) is 6.92 Å². The van der Waals surface area contributed by atoms with Crippen molar-refractivity contribution in [1.82, 2.24) is 20.0 Å². The van der Waals surface area contributed by atoms with Gasteiger partial charge < -0.3 is 9.42 Å². The van der Waals surface area contributed by atoms with Gasteiger partial charge in [0, 0.05) is 32.4 Å². The molecule has 9 heteroatoms. The maximum absolute atomic E-state index is 12.6. The maximum Gasteiger partial charge on any atom is 0.417 e. The Morgan fingerprint density at radius 2 is 1.88 bits per heavy atom. The Morgan fingerprint density at radius 1 is 1.17 bits per heavy atom. The fourth-order valence-corrected chi connectivity index (χ4v) is 2.72. The number of hydrogen-bond acceptors (Lipinski definition) is 6. The molecule has 0 spiro atoms. The Labute approximate surface area is 137 Å². The van der Waals surface area contributed by atoms with Crippen molar-refractivity contribution in [3.05, 3.63) is 35.6 Å². The molecule has 0 unspecified atom stereocenters. The third kappa shape index (κ3) is 3.50. The molecule has 0 radical (unpaired) electrons. The monoisotopic (exact) mass is 341 g/mol. The van der Waals surface area contributed by atoms with E-state index >= 15 is 0 Å². The van der Waals surface area contributed by atoms with Crippen LogP contribution in [0.5, 0.6) is 0 Å². The molecule has 0 saturated carbocycles. The number of anilines is 1. The van der Waals surface area contributed by atoms with Crippen LogP contribution in [0.1, 0.15) is 30.2 Å². The minimum Gasteiger partial charge on any atom is -0.354 e. The Morgan fingerprint density at radius 3 is 2.38 bits per heavy atom. The van der Waals surface area contributed by atoms with Gasteiger partial charge in [-0.3, -0.25) is 4.90 Å². The van der Waals surface area contributed by atoms with E-state index in [2.05, 4.69) is 20.0 Å². The van der Waals surface area contributed by atoms with Crippen molar-refractivity contribution in [3.63, 3.8) is 0 Å². The van der Waals surface area contributed by atoms with Crippen molar-refractivity contribution in [2.75, 3.05) is 31.1 Å². The van der Waals surface area contributed by atoms with Crippen molar-refractivity contribution < 1.29 is 17.7 Å². The number of piperazine rings is 1. The van der Waals surface area contributed by atoms with Gasteiger partial charge >= 0.3 is 6.18 Å². The normalized spacial score (nSPS) is 18.0. The minimum absolute atomic E-state index is 0.00825. The molecule has 0 aliphatic carbocycles. The molecule has 0 bridgehead atoms. The SMILES string of the molecule is Cc1noc([C@@H](C)N2CCN(c3ccc(C(F)(F)F)cn3)CC2)n1. The number of rotatable bonds is 3. The standard InChI is InChI=1S/C15H18F3N5O/c1-10(14-20-11(2)21-24-14)22-5-7-23(8-6-22)13-4-3-12(9-19-13)15(16,17)18/h3-4,9-10H,5-8H2,1-2H3/t10-/m1/s1. The van der Waals surface area contributed by atoms with Crippen LogP contribution >= 0.6 is 0 Å². The molecule has 3 heterocycles. The average Bonchev–Trinajstić information content (AvgIpc) is 3.00. The molecule has 1 aliphatic rings. The number of hydrogen-bond donors (Lipinski definition) is 0. The van der Waals surface area contributed by atoms with Crippen LogP contribution in [-0.4, -0.2) is 46.2 Å². The van der Waals surface area contributed by atoms with Crippen LogP contribution in [0.2, 0.25) is 0 Å². The molecule has 1 aliphatic heterocycles. The van der Waals surface area contributed by atoms with E-state index < -0.39 is 11.7 Å². The minimum atomic E-state index is -4.36. The second-order valence-corrected chi connectivity index (χ2v) is 5.78. The van der Waals surface area contributed by atoms with Gasteiger partial charge in [-0.1, -0.05) is 5.16 Å². The summed E-state index contributed by atoms with van der Waals surface area (Å²) in [5.41, 5.74) is -0.731. The summed E-state index contributed by atoms with van der Waals surface area (Å²) < 4.78 is 43.0. The molecule has 3 rings (SSSR count). The summed E-state index contributed by atoms with van der Waals surface area (Å²) in [6.45, 7) is 6.61. The van der Waals surface area contributed by atoms with Gasteiger partial charge in [0.05, 0.1) is 11.6 Å². The highest BCUT2D eigenvalue weighted by Gasteiger charge is 2.31. The van der Waals surface area contributed by atoms with Crippen molar-refractivity contribution in [2.24, 2.45) is 0 Å². The number of pyridine rings is 1. The summed E-state index contributed by atoms with van der Waals surface area (Å²) in [6.07, 6.45) is -3.48. The Bertz CT molecular complexity index is 677. The fraction of sp³-hybridized carbons (Fsp3) is 0.533. The summed E-state index contributed by atoms with van der Waals surface area (Å²) in [4.78, 5) is 12.4.